The van der Waals surface area contributed by atoms with E-state index in [0.29, 0.717) is 6.61 Å². The van der Waals surface area contributed by atoms with Crippen molar-refractivity contribution >= 4 is 5.97 Å². The topological polar surface area (TPSA) is 26.3 Å². The van der Waals surface area contributed by atoms with Crippen molar-refractivity contribution in [2.24, 2.45) is 5.92 Å². The predicted octanol–water partition coefficient (Wildman–Crippen LogP) is 2.89. The van der Waals surface area contributed by atoms with Crippen LogP contribution in [-0.4, -0.2) is 12.6 Å². The lowest BCUT2D eigenvalue weighted by atomic mass is 9.91. The first-order chi connectivity index (χ1) is 9.34. The average molecular weight is 250 g/mol. The Morgan fingerprint density at radius 1 is 0.895 bits per heavy atom. The Bertz CT molecular complexity index is 620. The second-order valence-corrected chi connectivity index (χ2v) is 5.38. The van der Waals surface area contributed by atoms with Crippen molar-refractivity contribution in [2.45, 2.75) is 11.3 Å². The molecule has 2 aliphatic rings. The normalized spacial score (nSPS) is 31.7. The zero-order chi connectivity index (χ0) is 12.9. The van der Waals surface area contributed by atoms with Gasteiger partial charge in [0.05, 0.1) is 11.3 Å². The van der Waals surface area contributed by atoms with E-state index in [-0.39, 0.29) is 23.2 Å². The summed E-state index contributed by atoms with van der Waals surface area (Å²) in [6.07, 6.45) is 0. The number of ether oxygens (including phenoxy) is 1. The highest BCUT2D eigenvalue weighted by atomic mass is 16.5. The van der Waals surface area contributed by atoms with Crippen LogP contribution in [-0.2, 0) is 14.9 Å². The molecule has 94 valence electrons. The summed E-state index contributed by atoms with van der Waals surface area (Å²) in [4.78, 5) is 12.0. The molecule has 0 amide bonds. The number of esters is 1. The first-order valence-electron chi connectivity index (χ1n) is 6.61. The highest BCUT2D eigenvalue weighted by Crippen LogP contribution is 2.69. The fourth-order valence-electron chi connectivity index (χ4n) is 3.59. The number of hydrogen-bond donors (Lipinski definition) is 0. The zero-order valence-electron chi connectivity index (χ0n) is 10.5. The van der Waals surface area contributed by atoms with Crippen LogP contribution < -0.4 is 0 Å². The Kier molecular flexibility index (Phi) is 2.10. The van der Waals surface area contributed by atoms with Gasteiger partial charge in [0.1, 0.15) is 6.61 Å². The van der Waals surface area contributed by atoms with Gasteiger partial charge in [-0.05, 0) is 11.1 Å². The van der Waals surface area contributed by atoms with Crippen molar-refractivity contribution in [2.75, 3.05) is 6.61 Å². The Hall–Kier alpha value is -2.09. The molecular formula is C17H14O2. The number of carbonyl (C=O) groups is 1. The quantitative estimate of drug-likeness (QED) is 0.766. The predicted molar refractivity (Wildman–Crippen MR) is 71.8 cm³/mol. The third-order valence-electron chi connectivity index (χ3n) is 4.51. The summed E-state index contributed by atoms with van der Waals surface area (Å²) < 4.78 is 5.29. The third kappa shape index (κ3) is 1.34. The summed E-state index contributed by atoms with van der Waals surface area (Å²) in [6.45, 7) is 0.514. The molecule has 2 aromatic rings. The molecule has 4 rings (SSSR count). The van der Waals surface area contributed by atoms with Crippen LogP contribution in [0.2, 0.25) is 0 Å². The zero-order valence-corrected chi connectivity index (χ0v) is 10.5. The van der Waals surface area contributed by atoms with Crippen molar-refractivity contribution < 1.29 is 9.53 Å². The molecule has 0 spiro atoms. The van der Waals surface area contributed by atoms with Crippen molar-refractivity contribution in [3.8, 4) is 0 Å². The standard InChI is InChI=1S/C17H14O2/c18-16-15-14(12-7-3-1-4-8-12)17(15,11-19-16)13-9-5-2-6-10-13/h1-10,14-15H,11H2/t14-,15?,17-/m0/s1. The van der Waals surface area contributed by atoms with Crippen LogP contribution in [0.5, 0.6) is 0 Å². The minimum atomic E-state index is -0.125. The maximum absolute atomic E-state index is 12.0. The SMILES string of the molecule is O=C1OC[C@@]2(c3ccccc3)C1[C@@H]2c1ccccc1. The van der Waals surface area contributed by atoms with Crippen molar-refractivity contribution in [1.29, 1.82) is 0 Å². The molecule has 2 aromatic carbocycles. The summed E-state index contributed by atoms with van der Waals surface area (Å²) in [7, 11) is 0. The molecule has 1 unspecified atom stereocenters. The molecule has 1 saturated heterocycles. The smallest absolute Gasteiger partial charge is 0.310 e. The van der Waals surface area contributed by atoms with Gasteiger partial charge in [-0.25, -0.2) is 0 Å². The molecule has 0 radical (unpaired) electrons. The molecule has 2 heteroatoms. The second kappa shape index (κ2) is 3.70. The monoisotopic (exact) mass is 250 g/mol. The van der Waals surface area contributed by atoms with Crippen LogP contribution in [0.15, 0.2) is 60.7 Å². The average Bonchev–Trinajstić information content (AvgIpc) is 3.06. The molecule has 19 heavy (non-hydrogen) atoms. The van der Waals surface area contributed by atoms with E-state index in [1.807, 2.05) is 36.4 Å². The van der Waals surface area contributed by atoms with Crippen LogP contribution in [0.4, 0.5) is 0 Å². The highest BCUT2D eigenvalue weighted by molar-refractivity contribution is 5.85. The number of carbonyl (C=O) groups excluding carboxylic acids is 1. The van der Waals surface area contributed by atoms with Crippen LogP contribution >= 0.6 is 0 Å². The van der Waals surface area contributed by atoms with Gasteiger partial charge >= 0.3 is 5.97 Å². The number of hydrogen-bond acceptors (Lipinski definition) is 2. The molecule has 1 aliphatic heterocycles. The lowest BCUT2D eigenvalue weighted by molar-refractivity contribution is -0.141. The van der Waals surface area contributed by atoms with Gasteiger partial charge < -0.3 is 4.74 Å². The Morgan fingerprint density at radius 3 is 2.21 bits per heavy atom. The Balaban J connectivity index is 1.81. The number of rotatable bonds is 2. The van der Waals surface area contributed by atoms with E-state index < -0.39 is 0 Å². The van der Waals surface area contributed by atoms with Crippen LogP contribution in [0, 0.1) is 5.92 Å². The van der Waals surface area contributed by atoms with E-state index in [2.05, 4.69) is 24.3 Å². The summed E-state index contributed by atoms with van der Waals surface area (Å²) in [5.41, 5.74) is 2.34. The van der Waals surface area contributed by atoms with Crippen LogP contribution in [0.25, 0.3) is 0 Å². The lowest BCUT2D eigenvalue weighted by Crippen LogP contribution is -2.14. The molecule has 1 heterocycles. The largest absolute Gasteiger partial charge is 0.464 e. The van der Waals surface area contributed by atoms with E-state index in [1.165, 1.54) is 11.1 Å². The van der Waals surface area contributed by atoms with Gasteiger partial charge in [-0.3, -0.25) is 4.79 Å². The van der Waals surface area contributed by atoms with E-state index in [4.69, 9.17) is 4.74 Å². The van der Waals surface area contributed by atoms with E-state index in [0.717, 1.165) is 0 Å². The van der Waals surface area contributed by atoms with E-state index in [1.54, 1.807) is 0 Å². The molecule has 0 bridgehead atoms. The lowest BCUT2D eigenvalue weighted by Gasteiger charge is -2.15. The first kappa shape index (κ1) is 10.8. The molecule has 1 aliphatic carbocycles. The minimum absolute atomic E-state index is 0.00250. The van der Waals surface area contributed by atoms with Gasteiger partial charge in [0, 0.05) is 5.92 Å². The molecule has 0 aromatic heterocycles. The van der Waals surface area contributed by atoms with Crippen molar-refractivity contribution in [3.05, 3.63) is 71.8 Å². The molecule has 3 atom stereocenters. The molecule has 2 fully saturated rings. The highest BCUT2D eigenvalue weighted by Gasteiger charge is 2.74. The van der Waals surface area contributed by atoms with E-state index in [9.17, 15) is 4.79 Å². The van der Waals surface area contributed by atoms with Crippen molar-refractivity contribution in [3.63, 3.8) is 0 Å². The van der Waals surface area contributed by atoms with Gasteiger partial charge in [0.2, 0.25) is 0 Å². The molecule has 2 nitrogen and oxygen atoms in total. The summed E-state index contributed by atoms with van der Waals surface area (Å²) >= 11 is 0. The minimum Gasteiger partial charge on any atom is -0.464 e. The van der Waals surface area contributed by atoms with Crippen molar-refractivity contribution in [1.82, 2.24) is 0 Å². The number of benzene rings is 2. The van der Waals surface area contributed by atoms with Crippen LogP contribution in [0.3, 0.4) is 0 Å². The number of fused-ring (bicyclic) bond motifs is 1. The maximum atomic E-state index is 12.0. The first-order valence-corrected chi connectivity index (χ1v) is 6.61. The maximum Gasteiger partial charge on any atom is 0.310 e. The fourth-order valence-corrected chi connectivity index (χ4v) is 3.59. The van der Waals surface area contributed by atoms with Gasteiger partial charge in [0.25, 0.3) is 0 Å². The van der Waals surface area contributed by atoms with Gasteiger partial charge in [-0.1, -0.05) is 60.7 Å². The van der Waals surface area contributed by atoms with Gasteiger partial charge in [-0.2, -0.15) is 0 Å². The summed E-state index contributed by atoms with van der Waals surface area (Å²) in [5, 5.41) is 0. The summed E-state index contributed by atoms with van der Waals surface area (Å²) in [6, 6.07) is 20.6. The van der Waals surface area contributed by atoms with E-state index >= 15 is 0 Å². The molecular weight excluding hydrogens is 236 g/mol. The van der Waals surface area contributed by atoms with Crippen LogP contribution in [0.1, 0.15) is 17.0 Å². The number of cyclic esters (lactones) is 1. The Morgan fingerprint density at radius 2 is 1.53 bits per heavy atom. The fraction of sp³-hybridized carbons (Fsp3) is 0.235. The summed E-state index contributed by atoms with van der Waals surface area (Å²) in [5.74, 6) is 0.229. The van der Waals surface area contributed by atoms with Gasteiger partial charge in [-0.15, -0.1) is 0 Å². The Labute approximate surface area is 112 Å². The second-order valence-electron chi connectivity index (χ2n) is 5.38. The third-order valence-corrected chi connectivity index (χ3v) is 4.51. The molecule has 1 saturated carbocycles. The molecule has 0 N–H and O–H groups in total. The van der Waals surface area contributed by atoms with Gasteiger partial charge in [0.15, 0.2) is 0 Å².